The van der Waals surface area contributed by atoms with Gasteiger partial charge in [-0.25, -0.2) is 13.6 Å². The first-order valence-electron chi connectivity index (χ1n) is 9.67. The Bertz CT molecular complexity index is 1360. The van der Waals surface area contributed by atoms with E-state index >= 15 is 0 Å². The number of Topliss-reactive ketones (excluding diaryl/α,β-unsaturated/α-hetero) is 1. The van der Waals surface area contributed by atoms with E-state index in [1.807, 2.05) is 12.1 Å². The Hall–Kier alpha value is -4.30. The number of rotatable bonds is 5. The first-order valence-corrected chi connectivity index (χ1v) is 9.67. The number of hydrogen-bond acceptors (Lipinski definition) is 5. The van der Waals surface area contributed by atoms with Crippen molar-refractivity contribution >= 4 is 16.8 Å². The van der Waals surface area contributed by atoms with Crippen molar-refractivity contribution in [3.63, 3.8) is 0 Å². The number of aromatic nitrogens is 1. The number of fused-ring (bicyclic) bond motifs is 1. The lowest BCUT2D eigenvalue weighted by Gasteiger charge is -2.25. The average molecular weight is 430 g/mol. The van der Waals surface area contributed by atoms with E-state index in [4.69, 9.17) is 11.0 Å². The van der Waals surface area contributed by atoms with Crippen LogP contribution in [0.2, 0.25) is 0 Å². The van der Waals surface area contributed by atoms with E-state index < -0.39 is 18.0 Å². The number of nitriles is 1. The van der Waals surface area contributed by atoms with Gasteiger partial charge in [0.25, 0.3) is 6.43 Å². The molecule has 0 spiro atoms. The number of hydrogen-bond donors (Lipinski definition) is 1. The summed E-state index contributed by atoms with van der Waals surface area (Å²) in [6, 6.07) is 13.8. The van der Waals surface area contributed by atoms with E-state index in [-0.39, 0.29) is 34.9 Å². The summed E-state index contributed by atoms with van der Waals surface area (Å²) in [5.41, 5.74) is 0.908. The molecule has 1 aliphatic rings. The summed E-state index contributed by atoms with van der Waals surface area (Å²) in [7, 11) is 0. The highest BCUT2D eigenvalue weighted by molar-refractivity contribution is 5.99. The van der Waals surface area contributed by atoms with Gasteiger partial charge in [-0.05, 0) is 19.1 Å². The van der Waals surface area contributed by atoms with Gasteiger partial charge in [0.05, 0.1) is 41.9 Å². The van der Waals surface area contributed by atoms with Gasteiger partial charge >= 0.3 is 0 Å². The topological polar surface area (TPSA) is 83.3 Å². The van der Waals surface area contributed by atoms with E-state index in [2.05, 4.69) is 15.1 Å². The van der Waals surface area contributed by atoms with E-state index in [1.165, 1.54) is 13.1 Å². The fraction of sp³-hybridized carbons (Fsp3) is 0.167. The largest absolute Gasteiger partial charge is 0.461 e. The van der Waals surface area contributed by atoms with Gasteiger partial charge < -0.3 is 9.73 Å². The van der Waals surface area contributed by atoms with Gasteiger partial charge in [-0.2, -0.15) is 5.26 Å². The fourth-order valence-electron chi connectivity index (χ4n) is 3.76. The van der Waals surface area contributed by atoms with E-state index in [0.717, 1.165) is 0 Å². The van der Waals surface area contributed by atoms with Crippen LogP contribution in [-0.2, 0) is 6.42 Å². The van der Waals surface area contributed by atoms with Crippen molar-refractivity contribution in [2.45, 2.75) is 25.7 Å². The van der Waals surface area contributed by atoms with Gasteiger partial charge in [-0.1, -0.05) is 30.3 Å². The Labute approximate surface area is 182 Å². The van der Waals surface area contributed by atoms with Crippen LogP contribution in [0.3, 0.4) is 0 Å². The van der Waals surface area contributed by atoms with Gasteiger partial charge in [0.2, 0.25) is 0 Å². The highest BCUT2D eigenvalue weighted by atomic mass is 19.3. The minimum absolute atomic E-state index is 0.0142. The van der Waals surface area contributed by atoms with Gasteiger partial charge in [-0.3, -0.25) is 9.78 Å². The molecule has 0 saturated heterocycles. The molecule has 0 fully saturated rings. The molecule has 3 aromatic rings. The summed E-state index contributed by atoms with van der Waals surface area (Å²) >= 11 is 0. The van der Waals surface area contributed by atoms with Crippen LogP contribution in [-0.4, -0.2) is 17.2 Å². The molecule has 0 saturated carbocycles. The number of carbonyl (C=O) groups excluding carboxylic acids is 1. The number of carbonyl (C=O) groups is 1. The lowest BCUT2D eigenvalue weighted by molar-refractivity contribution is 0.0992. The molecular formula is C24H16F2N4O2. The van der Waals surface area contributed by atoms with E-state index in [9.17, 15) is 18.8 Å². The molecule has 3 heterocycles. The SMILES string of the molecule is [C-]#[N+]C1=C(C)NC(C(F)F)=C(C#N)C1c1cc2c(CC(=O)c3ccccc3)nccc2o1. The van der Waals surface area contributed by atoms with Gasteiger partial charge in [0.15, 0.2) is 11.5 Å². The number of pyridine rings is 1. The van der Waals surface area contributed by atoms with Crippen molar-refractivity contribution in [1.29, 1.82) is 5.26 Å². The first-order chi connectivity index (χ1) is 15.4. The van der Waals surface area contributed by atoms with Crippen LogP contribution in [0.15, 0.2) is 75.7 Å². The number of allylic oxidation sites excluding steroid dienone is 3. The van der Waals surface area contributed by atoms with Crippen molar-refractivity contribution in [3.8, 4) is 6.07 Å². The smallest absolute Gasteiger partial charge is 0.279 e. The quantitative estimate of drug-likeness (QED) is 0.448. The van der Waals surface area contributed by atoms with Crippen LogP contribution in [0, 0.1) is 17.9 Å². The molecular weight excluding hydrogens is 414 g/mol. The Balaban J connectivity index is 1.81. The van der Waals surface area contributed by atoms with Crippen LogP contribution < -0.4 is 5.32 Å². The van der Waals surface area contributed by atoms with Crippen molar-refractivity contribution in [3.05, 3.63) is 99.8 Å². The van der Waals surface area contributed by atoms with E-state index in [1.54, 1.807) is 36.4 Å². The zero-order chi connectivity index (χ0) is 22.8. The number of nitrogens with one attached hydrogen (secondary N) is 1. The molecule has 1 atom stereocenters. The third-order valence-corrected chi connectivity index (χ3v) is 5.27. The minimum Gasteiger partial charge on any atom is -0.461 e. The maximum Gasteiger partial charge on any atom is 0.279 e. The standard InChI is InChI=1S/C24H16F2N4O2/c1-13-22(28-2)21(16(12-27)23(30-13)24(25)26)20-10-15-17(29-9-8-19(15)32-20)11-18(31)14-6-4-3-5-7-14/h3-10,21,24,30H,11H2,1H3. The third-order valence-electron chi connectivity index (χ3n) is 5.27. The lowest BCUT2D eigenvalue weighted by Crippen LogP contribution is -2.27. The highest BCUT2D eigenvalue weighted by Gasteiger charge is 2.36. The molecule has 0 radical (unpaired) electrons. The monoisotopic (exact) mass is 430 g/mol. The minimum atomic E-state index is -2.92. The van der Waals surface area contributed by atoms with Crippen LogP contribution in [0.25, 0.3) is 15.8 Å². The number of ketones is 1. The Morgan fingerprint density at radius 1 is 1.34 bits per heavy atom. The molecule has 2 aromatic heterocycles. The number of furan rings is 1. The van der Waals surface area contributed by atoms with Crippen LogP contribution in [0.1, 0.15) is 34.7 Å². The molecule has 0 bridgehead atoms. The normalized spacial score (nSPS) is 16.1. The molecule has 1 unspecified atom stereocenters. The molecule has 8 heteroatoms. The molecule has 32 heavy (non-hydrogen) atoms. The zero-order valence-corrected chi connectivity index (χ0v) is 16.9. The molecule has 4 rings (SSSR count). The Morgan fingerprint density at radius 2 is 2.09 bits per heavy atom. The summed E-state index contributed by atoms with van der Waals surface area (Å²) in [5.74, 6) is -1.04. The number of halogens is 2. The Morgan fingerprint density at radius 3 is 2.75 bits per heavy atom. The third kappa shape index (κ3) is 3.63. The number of alkyl halides is 2. The maximum atomic E-state index is 13.6. The maximum absolute atomic E-state index is 13.6. The van der Waals surface area contributed by atoms with Crippen molar-refractivity contribution in [1.82, 2.24) is 10.3 Å². The number of benzene rings is 1. The second-order valence-corrected chi connectivity index (χ2v) is 7.20. The predicted octanol–water partition coefficient (Wildman–Crippen LogP) is 5.13. The van der Waals surface area contributed by atoms with Crippen LogP contribution >= 0.6 is 0 Å². The van der Waals surface area contributed by atoms with Crippen LogP contribution in [0.4, 0.5) is 8.78 Å². The second kappa shape index (κ2) is 8.44. The molecule has 1 N–H and O–H groups in total. The fourth-order valence-corrected chi connectivity index (χ4v) is 3.76. The van der Waals surface area contributed by atoms with Crippen molar-refractivity contribution in [2.24, 2.45) is 0 Å². The molecule has 0 aliphatic carbocycles. The summed E-state index contributed by atoms with van der Waals surface area (Å²) < 4.78 is 33.0. The summed E-state index contributed by atoms with van der Waals surface area (Å²) in [6.45, 7) is 9.02. The van der Waals surface area contributed by atoms with E-state index in [0.29, 0.717) is 22.2 Å². The van der Waals surface area contributed by atoms with Crippen molar-refractivity contribution < 1.29 is 18.0 Å². The molecule has 158 valence electrons. The summed E-state index contributed by atoms with van der Waals surface area (Å²) in [4.78, 5) is 20.4. The highest BCUT2D eigenvalue weighted by Crippen LogP contribution is 2.41. The van der Waals surface area contributed by atoms with Crippen LogP contribution in [0.5, 0.6) is 0 Å². The Kier molecular flexibility index (Phi) is 5.53. The molecule has 0 amide bonds. The van der Waals surface area contributed by atoms with Crippen molar-refractivity contribution in [2.75, 3.05) is 0 Å². The first kappa shape index (κ1) is 21.0. The van der Waals surface area contributed by atoms with Gasteiger partial charge in [0, 0.05) is 22.8 Å². The molecule has 1 aliphatic heterocycles. The number of nitrogens with zero attached hydrogens (tertiary/aromatic N) is 3. The second-order valence-electron chi connectivity index (χ2n) is 7.20. The average Bonchev–Trinajstić information content (AvgIpc) is 3.23. The molecule has 1 aromatic carbocycles. The van der Waals surface area contributed by atoms with Gasteiger partial charge in [0.1, 0.15) is 11.3 Å². The number of dihydropyridines is 1. The van der Waals surface area contributed by atoms with Gasteiger partial charge in [-0.15, -0.1) is 0 Å². The molecule has 6 nitrogen and oxygen atoms in total. The summed E-state index contributed by atoms with van der Waals surface area (Å²) in [5, 5.41) is 12.6. The predicted molar refractivity (Wildman–Crippen MR) is 112 cm³/mol. The zero-order valence-electron chi connectivity index (χ0n) is 16.9. The summed E-state index contributed by atoms with van der Waals surface area (Å²) in [6.07, 6.45) is -1.41. The lowest BCUT2D eigenvalue weighted by atomic mass is 9.88.